The van der Waals surface area contributed by atoms with Gasteiger partial charge in [0.1, 0.15) is 0 Å². The van der Waals surface area contributed by atoms with E-state index in [-0.39, 0.29) is 0 Å². The quantitative estimate of drug-likeness (QED) is 0.765. The Labute approximate surface area is 111 Å². The highest BCUT2D eigenvalue weighted by atomic mass is 16.5. The van der Waals surface area contributed by atoms with Crippen molar-refractivity contribution < 1.29 is 9.84 Å². The third-order valence-corrected chi connectivity index (χ3v) is 4.42. The fraction of sp³-hybridized carbons (Fsp3) is 1.00. The minimum absolute atomic E-state index is 0.319. The van der Waals surface area contributed by atoms with Gasteiger partial charge in [-0.2, -0.15) is 0 Å². The molecule has 18 heavy (non-hydrogen) atoms. The fourth-order valence-electron chi connectivity index (χ4n) is 3.17. The van der Waals surface area contributed by atoms with Gasteiger partial charge in [-0.05, 0) is 25.3 Å². The molecule has 0 bridgehead atoms. The van der Waals surface area contributed by atoms with Gasteiger partial charge >= 0.3 is 0 Å². The van der Waals surface area contributed by atoms with Gasteiger partial charge in [0, 0.05) is 32.3 Å². The average Bonchev–Trinajstić information content (AvgIpc) is 2.45. The summed E-state index contributed by atoms with van der Waals surface area (Å²) >= 11 is 0. The lowest BCUT2D eigenvalue weighted by Gasteiger charge is -2.35. The van der Waals surface area contributed by atoms with Crippen molar-refractivity contribution in [2.45, 2.75) is 44.8 Å². The Hall–Kier alpha value is -0.160. The van der Waals surface area contributed by atoms with Gasteiger partial charge in [0.2, 0.25) is 0 Å². The van der Waals surface area contributed by atoms with Crippen LogP contribution in [0.1, 0.15) is 32.6 Å². The lowest BCUT2D eigenvalue weighted by molar-refractivity contribution is -0.0282. The van der Waals surface area contributed by atoms with Gasteiger partial charge in [0.25, 0.3) is 0 Å². The number of nitrogens with zero attached hydrogens (tertiary/aromatic N) is 1. The van der Waals surface area contributed by atoms with Gasteiger partial charge in [-0.15, -0.1) is 0 Å². The Kier molecular flexibility index (Phi) is 5.89. The van der Waals surface area contributed by atoms with Crippen LogP contribution in [-0.2, 0) is 4.74 Å². The first-order valence-corrected chi connectivity index (χ1v) is 7.51. The van der Waals surface area contributed by atoms with Crippen molar-refractivity contribution in [3.63, 3.8) is 0 Å². The van der Waals surface area contributed by atoms with Gasteiger partial charge < -0.3 is 15.2 Å². The number of aliphatic hydroxyl groups is 1. The molecule has 3 unspecified atom stereocenters. The summed E-state index contributed by atoms with van der Waals surface area (Å²) < 4.78 is 5.80. The van der Waals surface area contributed by atoms with E-state index >= 15 is 0 Å². The largest absolute Gasteiger partial charge is 0.396 e. The highest BCUT2D eigenvalue weighted by molar-refractivity contribution is 4.82. The number of ether oxygens (including phenoxy) is 1. The number of morpholine rings is 1. The molecule has 1 aliphatic heterocycles. The molecule has 0 aromatic carbocycles. The molecule has 3 atom stereocenters. The van der Waals surface area contributed by atoms with Crippen molar-refractivity contribution >= 4 is 0 Å². The second-order valence-electron chi connectivity index (χ2n) is 5.63. The number of aliphatic hydroxyl groups excluding tert-OH is 1. The molecule has 0 amide bonds. The lowest BCUT2D eigenvalue weighted by atomic mass is 9.85. The lowest BCUT2D eigenvalue weighted by Crippen LogP contribution is -2.50. The van der Waals surface area contributed by atoms with Gasteiger partial charge in [-0.3, -0.25) is 4.90 Å². The molecule has 0 aromatic rings. The van der Waals surface area contributed by atoms with E-state index in [9.17, 15) is 5.11 Å². The molecule has 2 aliphatic rings. The molecule has 1 heterocycles. The Morgan fingerprint density at radius 1 is 1.33 bits per heavy atom. The molecule has 4 heteroatoms. The van der Waals surface area contributed by atoms with Crippen molar-refractivity contribution in [1.29, 1.82) is 0 Å². The van der Waals surface area contributed by atoms with E-state index in [0.29, 0.717) is 24.7 Å². The number of hydrogen-bond donors (Lipinski definition) is 2. The van der Waals surface area contributed by atoms with Gasteiger partial charge in [-0.25, -0.2) is 0 Å². The van der Waals surface area contributed by atoms with Crippen LogP contribution in [0.2, 0.25) is 0 Å². The molecule has 0 spiro atoms. The highest BCUT2D eigenvalue weighted by Gasteiger charge is 2.26. The van der Waals surface area contributed by atoms with Crippen LogP contribution in [-0.4, -0.2) is 61.5 Å². The predicted octanol–water partition coefficient (Wildman–Crippen LogP) is 0.848. The monoisotopic (exact) mass is 256 g/mol. The molecule has 0 aromatic heterocycles. The molecule has 1 aliphatic carbocycles. The summed E-state index contributed by atoms with van der Waals surface area (Å²) in [6.07, 6.45) is 5.25. The van der Waals surface area contributed by atoms with E-state index < -0.39 is 0 Å². The van der Waals surface area contributed by atoms with Crippen LogP contribution in [0.3, 0.4) is 0 Å². The minimum atomic E-state index is 0.319. The van der Waals surface area contributed by atoms with Crippen LogP contribution in [0.15, 0.2) is 0 Å². The standard InChI is InChI=1S/C14H28N2O2/c1-2-16-7-8-18-13(10-16)9-15-14-6-4-3-5-12(14)11-17/h12-15,17H,2-11H2,1H3. The van der Waals surface area contributed by atoms with Crippen molar-refractivity contribution in [3.05, 3.63) is 0 Å². The van der Waals surface area contributed by atoms with Crippen LogP contribution in [0, 0.1) is 5.92 Å². The zero-order chi connectivity index (χ0) is 12.8. The third kappa shape index (κ3) is 3.92. The van der Waals surface area contributed by atoms with E-state index in [1.165, 1.54) is 25.7 Å². The zero-order valence-electron chi connectivity index (χ0n) is 11.6. The summed E-state index contributed by atoms with van der Waals surface area (Å²) in [4.78, 5) is 2.44. The van der Waals surface area contributed by atoms with Crippen LogP contribution >= 0.6 is 0 Å². The first-order chi connectivity index (χ1) is 8.83. The van der Waals surface area contributed by atoms with Crippen molar-refractivity contribution in [1.82, 2.24) is 10.2 Å². The van der Waals surface area contributed by atoms with Crippen LogP contribution in [0.25, 0.3) is 0 Å². The molecule has 2 N–H and O–H groups in total. The number of hydrogen-bond acceptors (Lipinski definition) is 4. The second kappa shape index (κ2) is 7.43. The normalized spacial score (nSPS) is 34.7. The molecule has 2 rings (SSSR count). The van der Waals surface area contributed by atoms with E-state index in [1.807, 2.05) is 0 Å². The average molecular weight is 256 g/mol. The number of nitrogens with one attached hydrogen (secondary N) is 1. The molecule has 1 saturated carbocycles. The Morgan fingerprint density at radius 3 is 2.94 bits per heavy atom. The Morgan fingerprint density at radius 2 is 2.17 bits per heavy atom. The third-order valence-electron chi connectivity index (χ3n) is 4.42. The van der Waals surface area contributed by atoms with Gasteiger partial charge in [0.15, 0.2) is 0 Å². The summed E-state index contributed by atoms with van der Waals surface area (Å²) in [7, 11) is 0. The Balaban J connectivity index is 1.72. The summed E-state index contributed by atoms with van der Waals surface area (Å²) in [5.41, 5.74) is 0. The molecule has 1 saturated heterocycles. The van der Waals surface area contributed by atoms with E-state index in [4.69, 9.17) is 4.74 Å². The Bertz CT molecular complexity index is 238. The van der Waals surface area contributed by atoms with Crippen molar-refractivity contribution in [2.24, 2.45) is 5.92 Å². The number of likely N-dealkylation sites (N-methyl/N-ethyl adjacent to an activating group) is 1. The smallest absolute Gasteiger partial charge is 0.0826 e. The van der Waals surface area contributed by atoms with Crippen LogP contribution in [0.4, 0.5) is 0 Å². The maximum atomic E-state index is 9.40. The molecular weight excluding hydrogens is 228 g/mol. The highest BCUT2D eigenvalue weighted by Crippen LogP contribution is 2.24. The maximum Gasteiger partial charge on any atom is 0.0826 e. The minimum Gasteiger partial charge on any atom is -0.396 e. The van der Waals surface area contributed by atoms with Crippen molar-refractivity contribution in [2.75, 3.05) is 39.4 Å². The summed E-state index contributed by atoms with van der Waals surface area (Å²) in [5, 5.41) is 13.0. The first kappa shape index (κ1) is 14.3. The fourth-order valence-corrected chi connectivity index (χ4v) is 3.17. The van der Waals surface area contributed by atoms with Crippen molar-refractivity contribution in [3.8, 4) is 0 Å². The predicted molar refractivity (Wildman–Crippen MR) is 72.7 cm³/mol. The van der Waals surface area contributed by atoms with E-state index in [2.05, 4.69) is 17.1 Å². The zero-order valence-corrected chi connectivity index (χ0v) is 11.6. The molecule has 0 radical (unpaired) electrons. The topological polar surface area (TPSA) is 44.7 Å². The van der Waals surface area contributed by atoms with Gasteiger partial charge in [0.05, 0.1) is 12.7 Å². The van der Waals surface area contributed by atoms with Crippen LogP contribution in [0.5, 0.6) is 0 Å². The molecule has 106 valence electrons. The van der Waals surface area contributed by atoms with Crippen LogP contribution < -0.4 is 5.32 Å². The molecular formula is C14H28N2O2. The molecule has 4 nitrogen and oxygen atoms in total. The van der Waals surface area contributed by atoms with E-state index in [0.717, 1.165) is 32.8 Å². The number of rotatable bonds is 5. The summed E-state index contributed by atoms with van der Waals surface area (Å²) in [5.74, 6) is 0.449. The van der Waals surface area contributed by atoms with Gasteiger partial charge in [-0.1, -0.05) is 19.8 Å². The van der Waals surface area contributed by atoms with E-state index in [1.54, 1.807) is 0 Å². The summed E-state index contributed by atoms with van der Waals surface area (Å²) in [6, 6.07) is 0.490. The second-order valence-corrected chi connectivity index (χ2v) is 5.63. The summed E-state index contributed by atoms with van der Waals surface area (Å²) in [6.45, 7) is 7.53. The maximum absolute atomic E-state index is 9.40. The SMILES string of the molecule is CCN1CCOC(CNC2CCCCC2CO)C1. The first-order valence-electron chi connectivity index (χ1n) is 7.51. The molecule has 2 fully saturated rings.